The van der Waals surface area contributed by atoms with Crippen LogP contribution in [0.1, 0.15) is 25.8 Å². The Balaban J connectivity index is 1.44. The van der Waals surface area contributed by atoms with E-state index in [0.29, 0.717) is 0 Å². The van der Waals surface area contributed by atoms with Crippen molar-refractivity contribution in [1.82, 2.24) is 9.88 Å². The van der Waals surface area contributed by atoms with Crippen molar-refractivity contribution in [2.24, 2.45) is 0 Å². The van der Waals surface area contributed by atoms with Crippen LogP contribution in [0.2, 0.25) is 0 Å². The summed E-state index contributed by atoms with van der Waals surface area (Å²) in [5.74, 6) is 0.124. The Hall–Kier alpha value is -2.50. The molecular formula is C23H26N3OS+. The molecule has 144 valence electrons. The first-order valence-corrected chi connectivity index (χ1v) is 10.6. The first-order valence-electron chi connectivity index (χ1n) is 9.82. The zero-order chi connectivity index (χ0) is 19.5. The van der Waals surface area contributed by atoms with Crippen LogP contribution in [-0.2, 0) is 6.54 Å². The van der Waals surface area contributed by atoms with Crippen molar-refractivity contribution in [3.8, 4) is 11.3 Å². The quantitative estimate of drug-likeness (QED) is 0.741. The number of hydrogen-bond donors (Lipinski definition) is 1. The number of nitrogens with zero attached hydrogens (tertiary/aromatic N) is 2. The second-order valence-electron chi connectivity index (χ2n) is 7.42. The van der Waals surface area contributed by atoms with E-state index in [1.54, 1.807) is 4.90 Å². The van der Waals surface area contributed by atoms with E-state index in [-0.39, 0.29) is 5.91 Å². The summed E-state index contributed by atoms with van der Waals surface area (Å²) in [4.78, 5) is 22.2. The van der Waals surface area contributed by atoms with E-state index in [9.17, 15) is 4.79 Å². The van der Waals surface area contributed by atoms with Gasteiger partial charge in [-0.3, -0.25) is 4.79 Å². The molecule has 4 rings (SSSR count). The summed E-state index contributed by atoms with van der Waals surface area (Å²) in [5.41, 5.74) is 4.59. The summed E-state index contributed by atoms with van der Waals surface area (Å²) < 4.78 is 0. The highest BCUT2D eigenvalue weighted by molar-refractivity contribution is 7.14. The second kappa shape index (κ2) is 8.25. The standard InChI is InChI=1S/C23H25N3OS/c1-17-8-6-7-11-20(17)16-25-12-14-26(15-13-25)23(27)22-21(24-18(2)28-22)19-9-4-3-5-10-19/h3-11H,12-16H2,1-2H3/p+1. The fraction of sp³-hybridized carbons (Fsp3) is 0.304. The number of piperazine rings is 1. The predicted molar refractivity (Wildman–Crippen MR) is 114 cm³/mol. The molecule has 1 amide bonds. The molecule has 1 aromatic heterocycles. The van der Waals surface area contributed by atoms with Crippen LogP contribution in [-0.4, -0.2) is 42.0 Å². The van der Waals surface area contributed by atoms with Gasteiger partial charge in [-0.15, -0.1) is 11.3 Å². The molecule has 1 N–H and O–H groups in total. The molecule has 4 nitrogen and oxygen atoms in total. The van der Waals surface area contributed by atoms with E-state index >= 15 is 0 Å². The number of carbonyl (C=O) groups is 1. The van der Waals surface area contributed by atoms with Gasteiger partial charge in [0.05, 0.1) is 36.9 Å². The number of carbonyl (C=O) groups excluding carboxylic acids is 1. The van der Waals surface area contributed by atoms with Crippen LogP contribution in [0.25, 0.3) is 11.3 Å². The molecule has 2 heterocycles. The summed E-state index contributed by atoms with van der Waals surface area (Å²) in [6, 6.07) is 18.6. The van der Waals surface area contributed by atoms with Crippen LogP contribution < -0.4 is 4.90 Å². The molecular weight excluding hydrogens is 366 g/mol. The van der Waals surface area contributed by atoms with E-state index in [1.807, 2.05) is 42.2 Å². The van der Waals surface area contributed by atoms with Crippen molar-refractivity contribution in [2.45, 2.75) is 20.4 Å². The highest BCUT2D eigenvalue weighted by Gasteiger charge is 2.28. The minimum atomic E-state index is 0.124. The normalized spacial score (nSPS) is 15.0. The highest BCUT2D eigenvalue weighted by Crippen LogP contribution is 2.29. The summed E-state index contributed by atoms with van der Waals surface area (Å²) in [6.45, 7) is 8.74. The molecule has 3 aromatic rings. The minimum Gasteiger partial charge on any atom is -0.328 e. The van der Waals surface area contributed by atoms with Gasteiger partial charge < -0.3 is 9.80 Å². The number of thiazole rings is 1. The maximum Gasteiger partial charge on any atom is 0.266 e. The Bertz CT molecular complexity index is 959. The smallest absolute Gasteiger partial charge is 0.266 e. The van der Waals surface area contributed by atoms with E-state index in [1.165, 1.54) is 22.5 Å². The molecule has 5 heteroatoms. The SMILES string of the molecule is Cc1nc(-c2ccccc2)c(C(=O)N2CC[NH+](Cc3ccccc3C)CC2)s1. The Morgan fingerprint density at radius 2 is 1.71 bits per heavy atom. The molecule has 0 spiro atoms. The monoisotopic (exact) mass is 392 g/mol. The number of amides is 1. The van der Waals surface area contributed by atoms with Gasteiger partial charge in [0.1, 0.15) is 11.4 Å². The molecule has 1 aliphatic rings. The van der Waals surface area contributed by atoms with Gasteiger partial charge in [0.15, 0.2) is 0 Å². The molecule has 2 aromatic carbocycles. The third-order valence-corrected chi connectivity index (χ3v) is 6.39. The van der Waals surface area contributed by atoms with E-state index in [4.69, 9.17) is 0 Å². The lowest BCUT2D eigenvalue weighted by Crippen LogP contribution is -3.13. The molecule has 1 fully saturated rings. The van der Waals surface area contributed by atoms with Crippen LogP contribution in [0.15, 0.2) is 54.6 Å². The maximum atomic E-state index is 13.2. The summed E-state index contributed by atoms with van der Waals surface area (Å²) in [5, 5.41) is 0.936. The summed E-state index contributed by atoms with van der Waals surface area (Å²) in [6.07, 6.45) is 0. The van der Waals surface area contributed by atoms with Crippen LogP contribution in [0, 0.1) is 13.8 Å². The van der Waals surface area contributed by atoms with E-state index in [2.05, 4.69) is 36.2 Å². The van der Waals surface area contributed by atoms with Crippen LogP contribution in [0.4, 0.5) is 0 Å². The Labute approximate surface area is 170 Å². The third-order valence-electron chi connectivity index (χ3n) is 5.44. The van der Waals surface area contributed by atoms with Crippen molar-refractivity contribution < 1.29 is 9.69 Å². The Morgan fingerprint density at radius 3 is 2.43 bits per heavy atom. The molecule has 0 radical (unpaired) electrons. The van der Waals surface area contributed by atoms with Gasteiger partial charge in [-0.05, 0) is 19.4 Å². The predicted octanol–water partition coefficient (Wildman–Crippen LogP) is 2.97. The van der Waals surface area contributed by atoms with E-state index in [0.717, 1.165) is 53.9 Å². The Morgan fingerprint density at radius 1 is 1.04 bits per heavy atom. The van der Waals surface area contributed by atoms with E-state index < -0.39 is 0 Å². The fourth-order valence-electron chi connectivity index (χ4n) is 3.79. The number of quaternary nitrogens is 1. The maximum absolute atomic E-state index is 13.2. The zero-order valence-corrected chi connectivity index (χ0v) is 17.3. The lowest BCUT2D eigenvalue weighted by Gasteiger charge is -2.32. The van der Waals surface area contributed by atoms with Crippen molar-refractivity contribution >= 4 is 17.2 Å². The molecule has 0 saturated carbocycles. The molecule has 0 aliphatic carbocycles. The number of hydrogen-bond acceptors (Lipinski definition) is 3. The lowest BCUT2D eigenvalue weighted by molar-refractivity contribution is -0.917. The molecule has 0 atom stereocenters. The van der Waals surface area contributed by atoms with Gasteiger partial charge in [-0.2, -0.15) is 0 Å². The lowest BCUT2D eigenvalue weighted by atomic mass is 10.1. The molecule has 0 unspecified atom stereocenters. The number of benzene rings is 2. The van der Waals surface area contributed by atoms with Crippen molar-refractivity contribution in [3.05, 3.63) is 75.6 Å². The number of aryl methyl sites for hydroxylation is 2. The van der Waals surface area contributed by atoms with Gasteiger partial charge in [-0.25, -0.2) is 4.98 Å². The largest absolute Gasteiger partial charge is 0.328 e. The summed E-state index contributed by atoms with van der Waals surface area (Å²) >= 11 is 1.51. The zero-order valence-electron chi connectivity index (χ0n) is 16.4. The van der Waals surface area contributed by atoms with Gasteiger partial charge >= 0.3 is 0 Å². The number of rotatable bonds is 4. The van der Waals surface area contributed by atoms with Gasteiger partial charge in [-0.1, -0.05) is 54.6 Å². The second-order valence-corrected chi connectivity index (χ2v) is 8.63. The molecule has 28 heavy (non-hydrogen) atoms. The molecule has 0 bridgehead atoms. The fourth-order valence-corrected chi connectivity index (χ4v) is 4.70. The molecule has 1 aliphatic heterocycles. The molecule has 1 saturated heterocycles. The topological polar surface area (TPSA) is 37.6 Å². The number of nitrogens with one attached hydrogen (secondary N) is 1. The summed E-state index contributed by atoms with van der Waals surface area (Å²) in [7, 11) is 0. The first-order chi connectivity index (χ1) is 13.6. The average molecular weight is 393 g/mol. The van der Waals surface area contributed by atoms with Crippen molar-refractivity contribution in [2.75, 3.05) is 26.2 Å². The van der Waals surface area contributed by atoms with Crippen LogP contribution in [0.5, 0.6) is 0 Å². The number of aromatic nitrogens is 1. The van der Waals surface area contributed by atoms with Crippen LogP contribution >= 0.6 is 11.3 Å². The highest BCUT2D eigenvalue weighted by atomic mass is 32.1. The van der Waals surface area contributed by atoms with Crippen LogP contribution in [0.3, 0.4) is 0 Å². The van der Waals surface area contributed by atoms with Gasteiger partial charge in [0.2, 0.25) is 0 Å². The van der Waals surface area contributed by atoms with Crippen molar-refractivity contribution in [1.29, 1.82) is 0 Å². The Kier molecular flexibility index (Phi) is 5.55. The van der Waals surface area contributed by atoms with Crippen molar-refractivity contribution in [3.63, 3.8) is 0 Å². The average Bonchev–Trinajstić information content (AvgIpc) is 3.12. The van der Waals surface area contributed by atoms with Gasteiger partial charge in [0.25, 0.3) is 5.91 Å². The third kappa shape index (κ3) is 4.01. The first kappa shape index (κ1) is 18.8. The van der Waals surface area contributed by atoms with Gasteiger partial charge in [0, 0.05) is 11.1 Å². The minimum absolute atomic E-state index is 0.124.